The van der Waals surface area contributed by atoms with Gasteiger partial charge in [0.2, 0.25) is 0 Å². The van der Waals surface area contributed by atoms with Gasteiger partial charge in [0.25, 0.3) is 0 Å². The number of rotatable bonds is 3. The van der Waals surface area contributed by atoms with Crippen LogP contribution in [0, 0.1) is 0 Å². The van der Waals surface area contributed by atoms with E-state index in [1.165, 1.54) is 0 Å². The molecule has 0 radical (unpaired) electrons. The van der Waals surface area contributed by atoms with Gasteiger partial charge in [-0.1, -0.05) is 11.6 Å². The van der Waals surface area contributed by atoms with E-state index in [1.807, 2.05) is 17.5 Å². The molecule has 0 aliphatic carbocycles. The summed E-state index contributed by atoms with van der Waals surface area (Å²) in [5.41, 5.74) is 7.18. The van der Waals surface area contributed by atoms with Gasteiger partial charge in [-0.3, -0.25) is 0 Å². The number of nitrogens with zero attached hydrogens (tertiary/aromatic N) is 1. The van der Waals surface area contributed by atoms with Crippen LogP contribution in [0.2, 0.25) is 5.02 Å². The highest BCUT2D eigenvalue weighted by molar-refractivity contribution is 7.09. The fourth-order valence-corrected chi connectivity index (χ4v) is 2.47. The smallest absolute Gasteiger partial charge is 0.117 e. The summed E-state index contributed by atoms with van der Waals surface area (Å²) in [6.07, 6.45) is 1.80. The van der Waals surface area contributed by atoms with Crippen LogP contribution in [0.15, 0.2) is 29.8 Å². The number of thiazole rings is 1. The van der Waals surface area contributed by atoms with Crippen molar-refractivity contribution in [3.05, 3.63) is 39.8 Å². The molecule has 1 aromatic heterocycles. The van der Waals surface area contributed by atoms with Crippen LogP contribution < -0.4 is 11.1 Å². The summed E-state index contributed by atoms with van der Waals surface area (Å²) < 4.78 is 0. The first-order chi connectivity index (χ1) is 7.99. The maximum absolute atomic E-state index is 5.92. The number of nitrogen functional groups attached to an aromatic ring is 1. The van der Waals surface area contributed by atoms with Crippen LogP contribution in [0.1, 0.15) is 18.9 Å². The topological polar surface area (TPSA) is 50.9 Å². The van der Waals surface area contributed by atoms with Gasteiger partial charge in [-0.2, -0.15) is 0 Å². The van der Waals surface area contributed by atoms with E-state index in [9.17, 15) is 0 Å². The fourth-order valence-electron chi connectivity index (χ4n) is 1.57. The van der Waals surface area contributed by atoms with E-state index in [0.717, 1.165) is 10.7 Å². The Labute approximate surface area is 110 Å². The zero-order valence-corrected chi connectivity index (χ0v) is 11.3. The van der Waals surface area contributed by atoms with Crippen LogP contribution in [0.25, 0.3) is 0 Å². The fraction of sp³-hybridized carbons (Fsp3) is 0.250. The molecule has 2 rings (SSSR count). The lowest BCUT2D eigenvalue weighted by Gasteiger charge is -2.26. The van der Waals surface area contributed by atoms with Crippen molar-refractivity contribution in [3.63, 3.8) is 0 Å². The third kappa shape index (κ3) is 2.70. The molecule has 1 aromatic carbocycles. The SMILES string of the molecule is CC(C)(Nc1ccc(Cl)cc1N)c1nccs1. The Morgan fingerprint density at radius 1 is 1.41 bits per heavy atom. The van der Waals surface area contributed by atoms with E-state index in [0.29, 0.717) is 10.7 Å². The quantitative estimate of drug-likeness (QED) is 0.833. The van der Waals surface area contributed by atoms with Gasteiger partial charge < -0.3 is 11.1 Å². The molecule has 17 heavy (non-hydrogen) atoms. The molecular formula is C12H14ClN3S. The zero-order valence-electron chi connectivity index (χ0n) is 9.70. The first-order valence-corrected chi connectivity index (χ1v) is 6.48. The summed E-state index contributed by atoms with van der Waals surface area (Å²) in [5.74, 6) is 0. The van der Waals surface area contributed by atoms with Crippen LogP contribution >= 0.6 is 22.9 Å². The zero-order chi connectivity index (χ0) is 12.5. The maximum atomic E-state index is 5.92. The Hall–Kier alpha value is -1.26. The number of aromatic nitrogens is 1. The third-order valence-electron chi connectivity index (χ3n) is 2.43. The van der Waals surface area contributed by atoms with Crippen molar-refractivity contribution in [2.75, 3.05) is 11.1 Å². The van der Waals surface area contributed by atoms with Crippen LogP contribution in [-0.2, 0) is 5.54 Å². The number of halogens is 1. The predicted octanol–water partition coefficient (Wildman–Crippen LogP) is 3.73. The van der Waals surface area contributed by atoms with Crippen LogP contribution in [0.5, 0.6) is 0 Å². The normalized spacial score (nSPS) is 11.5. The number of nitrogens with two attached hydrogens (primary N) is 1. The lowest BCUT2D eigenvalue weighted by molar-refractivity contribution is 0.605. The van der Waals surface area contributed by atoms with Crippen molar-refractivity contribution >= 4 is 34.3 Å². The number of nitrogens with one attached hydrogen (secondary N) is 1. The minimum atomic E-state index is -0.254. The first-order valence-electron chi connectivity index (χ1n) is 5.22. The molecule has 0 saturated carbocycles. The molecule has 0 fully saturated rings. The molecule has 90 valence electrons. The Kier molecular flexibility index (Phi) is 3.26. The van der Waals surface area contributed by atoms with E-state index < -0.39 is 0 Å². The standard InChI is InChI=1S/C12H14ClN3S/c1-12(2,11-15-5-6-17-11)16-10-4-3-8(13)7-9(10)14/h3-7,16H,14H2,1-2H3. The molecule has 0 amide bonds. The summed E-state index contributed by atoms with van der Waals surface area (Å²) >= 11 is 7.49. The summed E-state index contributed by atoms with van der Waals surface area (Å²) in [4.78, 5) is 4.32. The first kappa shape index (κ1) is 12.2. The van der Waals surface area contributed by atoms with Gasteiger partial charge in [0.1, 0.15) is 5.01 Å². The van der Waals surface area contributed by atoms with Crippen LogP contribution in [0.3, 0.4) is 0 Å². The molecule has 0 spiro atoms. The Balaban J connectivity index is 2.26. The molecule has 3 nitrogen and oxygen atoms in total. The van der Waals surface area contributed by atoms with Gasteiger partial charge in [0.05, 0.1) is 16.9 Å². The molecule has 5 heteroatoms. The summed E-state index contributed by atoms with van der Waals surface area (Å²) in [5, 5.41) is 7.00. The molecular weight excluding hydrogens is 254 g/mol. The number of hydrogen-bond donors (Lipinski definition) is 2. The highest BCUT2D eigenvalue weighted by Crippen LogP contribution is 2.31. The second-order valence-electron chi connectivity index (χ2n) is 4.32. The van der Waals surface area contributed by atoms with Crippen molar-refractivity contribution in [2.45, 2.75) is 19.4 Å². The lowest BCUT2D eigenvalue weighted by atomic mass is 10.1. The second-order valence-corrected chi connectivity index (χ2v) is 5.65. The van der Waals surface area contributed by atoms with Gasteiger partial charge in [0, 0.05) is 16.6 Å². The molecule has 3 N–H and O–H groups in total. The number of anilines is 2. The van der Waals surface area contributed by atoms with Gasteiger partial charge in [0.15, 0.2) is 0 Å². The Morgan fingerprint density at radius 2 is 2.18 bits per heavy atom. The molecule has 0 aliphatic heterocycles. The third-order valence-corrected chi connectivity index (χ3v) is 3.76. The largest absolute Gasteiger partial charge is 0.397 e. The van der Waals surface area contributed by atoms with Crippen molar-refractivity contribution in [2.24, 2.45) is 0 Å². The second kappa shape index (κ2) is 4.55. The summed E-state index contributed by atoms with van der Waals surface area (Å²) in [6.45, 7) is 4.14. The average molecular weight is 268 g/mol. The van der Waals surface area contributed by atoms with Gasteiger partial charge in [-0.25, -0.2) is 4.98 Å². The van der Waals surface area contributed by atoms with Gasteiger partial charge in [-0.15, -0.1) is 11.3 Å². The van der Waals surface area contributed by atoms with Crippen LogP contribution in [0.4, 0.5) is 11.4 Å². The van der Waals surface area contributed by atoms with Crippen molar-refractivity contribution in [1.29, 1.82) is 0 Å². The van der Waals surface area contributed by atoms with E-state index in [-0.39, 0.29) is 5.54 Å². The van der Waals surface area contributed by atoms with Crippen molar-refractivity contribution < 1.29 is 0 Å². The van der Waals surface area contributed by atoms with Crippen molar-refractivity contribution in [3.8, 4) is 0 Å². The van der Waals surface area contributed by atoms with Gasteiger partial charge in [-0.05, 0) is 32.0 Å². The molecule has 0 unspecified atom stereocenters. The van der Waals surface area contributed by atoms with E-state index in [1.54, 1.807) is 23.6 Å². The number of hydrogen-bond acceptors (Lipinski definition) is 4. The summed E-state index contributed by atoms with van der Waals surface area (Å²) in [6, 6.07) is 5.44. The van der Waals surface area contributed by atoms with Crippen molar-refractivity contribution in [1.82, 2.24) is 4.98 Å². The monoisotopic (exact) mass is 267 g/mol. The minimum Gasteiger partial charge on any atom is -0.397 e. The number of benzene rings is 1. The average Bonchev–Trinajstić information content (AvgIpc) is 2.76. The molecule has 1 heterocycles. The van der Waals surface area contributed by atoms with E-state index >= 15 is 0 Å². The van der Waals surface area contributed by atoms with E-state index in [2.05, 4.69) is 24.1 Å². The molecule has 2 aromatic rings. The van der Waals surface area contributed by atoms with E-state index in [4.69, 9.17) is 17.3 Å². The molecule has 0 saturated heterocycles. The predicted molar refractivity (Wildman–Crippen MR) is 74.6 cm³/mol. The highest BCUT2D eigenvalue weighted by atomic mass is 35.5. The highest BCUT2D eigenvalue weighted by Gasteiger charge is 2.23. The van der Waals surface area contributed by atoms with Crippen LogP contribution in [-0.4, -0.2) is 4.98 Å². The molecule has 0 atom stereocenters. The van der Waals surface area contributed by atoms with Gasteiger partial charge >= 0.3 is 0 Å². The summed E-state index contributed by atoms with van der Waals surface area (Å²) in [7, 11) is 0. The molecule has 0 aliphatic rings. The molecule has 0 bridgehead atoms. The Morgan fingerprint density at radius 3 is 2.76 bits per heavy atom. The minimum absolute atomic E-state index is 0.254. The lowest BCUT2D eigenvalue weighted by Crippen LogP contribution is -2.28. The maximum Gasteiger partial charge on any atom is 0.117 e. The Bertz CT molecular complexity index is 508.